The summed E-state index contributed by atoms with van der Waals surface area (Å²) >= 11 is 1.75. The lowest BCUT2D eigenvalue weighted by molar-refractivity contribution is 0.0338. The fraction of sp³-hybridized carbons (Fsp3) is 0.714. The van der Waals surface area contributed by atoms with Gasteiger partial charge in [-0.05, 0) is 60.5 Å². The molecule has 0 aliphatic heterocycles. The summed E-state index contributed by atoms with van der Waals surface area (Å²) < 4.78 is 0. The molecule has 1 aromatic heterocycles. The third-order valence-electron chi connectivity index (χ3n) is 3.78. The predicted octanol–water partition coefficient (Wildman–Crippen LogP) is 2.98. The highest BCUT2D eigenvalue weighted by molar-refractivity contribution is 7.07. The summed E-state index contributed by atoms with van der Waals surface area (Å²) in [7, 11) is 2.16. The summed E-state index contributed by atoms with van der Waals surface area (Å²) in [6, 6.07) is 2.18. The quantitative estimate of drug-likeness (QED) is 0.891. The summed E-state index contributed by atoms with van der Waals surface area (Å²) in [6.07, 6.45) is 3.26. The van der Waals surface area contributed by atoms with E-state index in [1.165, 1.54) is 18.4 Å². The Labute approximate surface area is 108 Å². The first-order valence-electron chi connectivity index (χ1n) is 6.53. The molecule has 1 aliphatic carbocycles. The van der Waals surface area contributed by atoms with Crippen molar-refractivity contribution in [3.05, 3.63) is 22.4 Å². The SMILES string of the molecule is CC1CCC(O)C(CN(C)Cc2ccsc2)C1. The second kappa shape index (κ2) is 5.98. The van der Waals surface area contributed by atoms with Gasteiger partial charge < -0.3 is 10.0 Å². The van der Waals surface area contributed by atoms with Crippen LogP contribution >= 0.6 is 11.3 Å². The van der Waals surface area contributed by atoms with Crippen LogP contribution in [0.2, 0.25) is 0 Å². The van der Waals surface area contributed by atoms with Crippen molar-refractivity contribution in [2.45, 2.75) is 38.8 Å². The minimum atomic E-state index is -0.0869. The van der Waals surface area contributed by atoms with Crippen molar-refractivity contribution in [2.24, 2.45) is 11.8 Å². The van der Waals surface area contributed by atoms with E-state index in [2.05, 4.69) is 35.7 Å². The van der Waals surface area contributed by atoms with Crippen molar-refractivity contribution >= 4 is 11.3 Å². The summed E-state index contributed by atoms with van der Waals surface area (Å²) in [5.41, 5.74) is 1.39. The molecule has 0 amide bonds. The Morgan fingerprint density at radius 3 is 3.00 bits per heavy atom. The van der Waals surface area contributed by atoms with E-state index in [1.807, 2.05) is 0 Å². The molecule has 0 aromatic carbocycles. The van der Waals surface area contributed by atoms with E-state index in [-0.39, 0.29) is 6.10 Å². The van der Waals surface area contributed by atoms with Gasteiger partial charge in [-0.1, -0.05) is 6.92 Å². The highest BCUT2D eigenvalue weighted by Gasteiger charge is 2.27. The van der Waals surface area contributed by atoms with Gasteiger partial charge in [0.05, 0.1) is 6.10 Å². The molecule has 1 fully saturated rings. The molecule has 17 heavy (non-hydrogen) atoms. The fourth-order valence-corrected chi connectivity index (χ4v) is 3.50. The maximum atomic E-state index is 10.0. The Balaban J connectivity index is 1.82. The van der Waals surface area contributed by atoms with Crippen LogP contribution < -0.4 is 0 Å². The van der Waals surface area contributed by atoms with Gasteiger partial charge in [-0.15, -0.1) is 0 Å². The third kappa shape index (κ3) is 3.80. The monoisotopic (exact) mass is 253 g/mol. The molecule has 0 radical (unpaired) electrons. The predicted molar refractivity (Wildman–Crippen MR) is 73.2 cm³/mol. The van der Waals surface area contributed by atoms with Crippen LogP contribution in [0.4, 0.5) is 0 Å². The molecule has 1 saturated carbocycles. The maximum absolute atomic E-state index is 10.0. The second-order valence-electron chi connectivity index (χ2n) is 5.57. The number of nitrogens with zero attached hydrogens (tertiary/aromatic N) is 1. The number of aliphatic hydroxyl groups excluding tert-OH is 1. The normalized spacial score (nSPS) is 29.8. The van der Waals surface area contributed by atoms with Gasteiger partial charge in [-0.25, -0.2) is 0 Å². The highest BCUT2D eigenvalue weighted by atomic mass is 32.1. The Morgan fingerprint density at radius 2 is 2.29 bits per heavy atom. The van der Waals surface area contributed by atoms with Crippen LogP contribution in [0.15, 0.2) is 16.8 Å². The zero-order chi connectivity index (χ0) is 12.3. The van der Waals surface area contributed by atoms with Crippen LogP contribution in [0, 0.1) is 11.8 Å². The third-order valence-corrected chi connectivity index (χ3v) is 4.52. The molecule has 1 heterocycles. The molecule has 1 aromatic rings. The first-order chi connectivity index (χ1) is 8.15. The van der Waals surface area contributed by atoms with Gasteiger partial charge in [0.2, 0.25) is 0 Å². The van der Waals surface area contributed by atoms with E-state index >= 15 is 0 Å². The average Bonchev–Trinajstić information content (AvgIpc) is 2.76. The van der Waals surface area contributed by atoms with Gasteiger partial charge in [0.15, 0.2) is 0 Å². The zero-order valence-corrected chi connectivity index (χ0v) is 11.6. The van der Waals surface area contributed by atoms with Crippen molar-refractivity contribution in [3.63, 3.8) is 0 Å². The first-order valence-corrected chi connectivity index (χ1v) is 7.47. The molecule has 2 nitrogen and oxygen atoms in total. The molecule has 3 atom stereocenters. The van der Waals surface area contributed by atoms with Gasteiger partial charge in [0.25, 0.3) is 0 Å². The van der Waals surface area contributed by atoms with E-state index in [0.29, 0.717) is 5.92 Å². The van der Waals surface area contributed by atoms with E-state index in [4.69, 9.17) is 0 Å². The Hall–Kier alpha value is -0.380. The van der Waals surface area contributed by atoms with Gasteiger partial charge in [-0.3, -0.25) is 0 Å². The minimum Gasteiger partial charge on any atom is -0.393 e. The number of thiophene rings is 1. The van der Waals surface area contributed by atoms with Crippen molar-refractivity contribution in [3.8, 4) is 0 Å². The molecule has 96 valence electrons. The van der Waals surface area contributed by atoms with E-state index in [9.17, 15) is 5.11 Å². The molecule has 2 rings (SSSR count). The lowest BCUT2D eigenvalue weighted by atomic mass is 9.80. The van der Waals surface area contributed by atoms with Crippen LogP contribution in [0.1, 0.15) is 31.7 Å². The number of aliphatic hydroxyl groups is 1. The van der Waals surface area contributed by atoms with E-state index in [0.717, 1.165) is 25.4 Å². The molecular weight excluding hydrogens is 230 g/mol. The Kier molecular flexibility index (Phi) is 4.60. The van der Waals surface area contributed by atoms with Gasteiger partial charge in [-0.2, -0.15) is 11.3 Å². The first kappa shape index (κ1) is 13.1. The molecule has 3 unspecified atom stereocenters. The topological polar surface area (TPSA) is 23.5 Å². The second-order valence-corrected chi connectivity index (χ2v) is 6.35. The maximum Gasteiger partial charge on any atom is 0.0580 e. The lowest BCUT2D eigenvalue weighted by Crippen LogP contribution is -2.36. The van der Waals surface area contributed by atoms with Crippen molar-refractivity contribution in [1.82, 2.24) is 4.90 Å². The molecular formula is C14H23NOS. The van der Waals surface area contributed by atoms with Gasteiger partial charge >= 0.3 is 0 Å². The molecule has 1 N–H and O–H groups in total. The number of rotatable bonds is 4. The largest absolute Gasteiger partial charge is 0.393 e. The van der Waals surface area contributed by atoms with E-state index < -0.39 is 0 Å². The minimum absolute atomic E-state index is 0.0869. The van der Waals surface area contributed by atoms with Crippen molar-refractivity contribution < 1.29 is 5.11 Å². The van der Waals surface area contributed by atoms with Crippen LogP contribution in [0.5, 0.6) is 0 Å². The molecule has 1 aliphatic rings. The van der Waals surface area contributed by atoms with Crippen molar-refractivity contribution in [1.29, 1.82) is 0 Å². The Bertz CT molecular complexity index is 325. The van der Waals surface area contributed by atoms with Gasteiger partial charge in [0, 0.05) is 13.1 Å². The zero-order valence-electron chi connectivity index (χ0n) is 10.8. The smallest absolute Gasteiger partial charge is 0.0580 e. The van der Waals surface area contributed by atoms with Crippen molar-refractivity contribution in [2.75, 3.05) is 13.6 Å². The fourth-order valence-electron chi connectivity index (χ4n) is 2.84. The summed E-state index contributed by atoms with van der Waals surface area (Å²) in [5.74, 6) is 1.24. The molecule has 3 heteroatoms. The molecule has 0 bridgehead atoms. The van der Waals surface area contributed by atoms with Crippen LogP contribution in [0.25, 0.3) is 0 Å². The summed E-state index contributed by atoms with van der Waals surface area (Å²) in [4.78, 5) is 2.34. The highest BCUT2D eigenvalue weighted by Crippen LogP contribution is 2.29. The number of hydrogen-bond donors (Lipinski definition) is 1. The van der Waals surface area contributed by atoms with E-state index in [1.54, 1.807) is 11.3 Å². The molecule has 0 saturated heterocycles. The summed E-state index contributed by atoms with van der Waals surface area (Å²) in [6.45, 7) is 4.32. The van der Waals surface area contributed by atoms with Crippen LogP contribution in [0.3, 0.4) is 0 Å². The lowest BCUT2D eigenvalue weighted by Gasteiger charge is -2.34. The van der Waals surface area contributed by atoms with Crippen LogP contribution in [-0.2, 0) is 6.54 Å². The molecule has 0 spiro atoms. The Morgan fingerprint density at radius 1 is 1.47 bits per heavy atom. The van der Waals surface area contributed by atoms with Crippen LogP contribution in [-0.4, -0.2) is 29.7 Å². The number of hydrogen-bond acceptors (Lipinski definition) is 3. The van der Waals surface area contributed by atoms with Gasteiger partial charge in [0.1, 0.15) is 0 Å². The average molecular weight is 253 g/mol. The standard InChI is InChI=1S/C14H23NOS/c1-11-3-4-14(16)13(7-11)9-15(2)8-12-5-6-17-10-12/h5-6,10-11,13-14,16H,3-4,7-9H2,1-2H3. The summed E-state index contributed by atoms with van der Waals surface area (Å²) in [5, 5.41) is 14.4.